The van der Waals surface area contributed by atoms with Crippen LogP contribution in [0.25, 0.3) is 0 Å². The molecule has 0 aromatic heterocycles. The van der Waals surface area contributed by atoms with Crippen molar-refractivity contribution >= 4 is 19.5 Å². The number of alkyl carbamates (subject to hydrolysis) is 1. The first-order valence-corrected chi connectivity index (χ1v) is 10.3. The van der Waals surface area contributed by atoms with E-state index in [1.165, 1.54) is 0 Å². The van der Waals surface area contributed by atoms with Gasteiger partial charge in [-0.3, -0.25) is 0 Å². The Labute approximate surface area is 174 Å². The van der Waals surface area contributed by atoms with Crippen molar-refractivity contribution in [2.75, 3.05) is 0 Å². The fraction of sp³-hybridized carbons (Fsp3) is 0.900. The van der Waals surface area contributed by atoms with Gasteiger partial charge >= 0.3 is 13.2 Å². The third-order valence-electron chi connectivity index (χ3n) is 5.58. The Hall–Kier alpha value is -1.16. The van der Waals surface area contributed by atoms with Crippen molar-refractivity contribution in [1.29, 1.82) is 0 Å². The molecule has 1 unspecified atom stereocenters. The molecule has 1 N–H and O–H groups in total. The van der Waals surface area contributed by atoms with E-state index in [0.717, 1.165) is 6.42 Å². The fourth-order valence-corrected chi connectivity index (χ4v) is 3.29. The second-order valence-corrected chi connectivity index (χ2v) is 9.89. The molecule has 2 saturated heterocycles. The number of unbranched alkanes of at least 4 members (excludes halogenated alkanes) is 1. The SMILES string of the molecule is CC1OC(C(C=O)(CCCCB2OC(C)(C)C(C)(C)O2)NC(=O)OC(C)(C)C)O1. The van der Waals surface area contributed by atoms with Crippen LogP contribution in [0.5, 0.6) is 0 Å². The highest BCUT2D eigenvalue weighted by atomic mass is 16.9. The number of ether oxygens (including phenoxy) is 3. The minimum atomic E-state index is -1.30. The number of rotatable bonds is 8. The molecule has 0 saturated carbocycles. The van der Waals surface area contributed by atoms with E-state index in [2.05, 4.69) is 5.32 Å². The summed E-state index contributed by atoms with van der Waals surface area (Å²) in [6, 6.07) is 0. The van der Waals surface area contributed by atoms with Gasteiger partial charge in [0.15, 0.2) is 18.9 Å². The quantitative estimate of drug-likeness (QED) is 0.370. The Bertz CT molecular complexity index is 582. The molecule has 1 amide bonds. The minimum absolute atomic E-state index is 0.291. The zero-order valence-corrected chi connectivity index (χ0v) is 19.0. The number of aldehydes is 1. The molecule has 0 aromatic carbocycles. The van der Waals surface area contributed by atoms with Gasteiger partial charge in [0.25, 0.3) is 0 Å². The van der Waals surface area contributed by atoms with Crippen LogP contribution in [0.1, 0.15) is 74.7 Å². The summed E-state index contributed by atoms with van der Waals surface area (Å²) >= 11 is 0. The molecule has 2 fully saturated rings. The largest absolute Gasteiger partial charge is 0.457 e. The standard InChI is InChI=1S/C20H36BNO7/c1-14-25-15(26-14)20(13-23,22-16(24)27-17(2,3)4)11-9-10-12-21-28-18(5,6)19(7,8)29-21/h13-15H,9-12H2,1-8H3,(H,22,24). The van der Waals surface area contributed by atoms with Crippen molar-refractivity contribution in [2.45, 2.75) is 116 Å². The number of hydrogen-bond donors (Lipinski definition) is 1. The molecular formula is C20H36BNO7. The molecule has 2 heterocycles. The topological polar surface area (TPSA) is 92.3 Å². The zero-order valence-electron chi connectivity index (χ0n) is 19.0. The van der Waals surface area contributed by atoms with Crippen LogP contribution >= 0.6 is 0 Å². The zero-order chi connectivity index (χ0) is 22.1. The van der Waals surface area contributed by atoms with Crippen molar-refractivity contribution in [3.63, 3.8) is 0 Å². The number of hydrogen-bond acceptors (Lipinski definition) is 7. The monoisotopic (exact) mass is 413 g/mol. The summed E-state index contributed by atoms with van der Waals surface area (Å²) in [4.78, 5) is 24.3. The summed E-state index contributed by atoms with van der Waals surface area (Å²) in [6.45, 7) is 15.1. The molecule has 2 aliphatic rings. The van der Waals surface area contributed by atoms with E-state index in [1.807, 2.05) is 27.7 Å². The van der Waals surface area contributed by atoms with Crippen molar-refractivity contribution in [3.05, 3.63) is 0 Å². The van der Waals surface area contributed by atoms with Crippen LogP contribution in [0.3, 0.4) is 0 Å². The number of carbonyl (C=O) groups is 2. The smallest absolute Gasteiger partial charge is 0.444 e. The third-order valence-corrected chi connectivity index (χ3v) is 5.58. The van der Waals surface area contributed by atoms with Gasteiger partial charge in [-0.05, 0) is 68.1 Å². The average molecular weight is 413 g/mol. The van der Waals surface area contributed by atoms with Gasteiger partial charge in [-0.1, -0.05) is 12.8 Å². The highest BCUT2D eigenvalue weighted by Gasteiger charge is 2.51. The van der Waals surface area contributed by atoms with E-state index < -0.39 is 29.8 Å². The summed E-state index contributed by atoms with van der Waals surface area (Å²) in [5.74, 6) is 0. The Kier molecular flexibility index (Phi) is 7.10. The second-order valence-electron chi connectivity index (χ2n) is 9.89. The van der Waals surface area contributed by atoms with Gasteiger partial charge in [0.1, 0.15) is 11.1 Å². The molecule has 0 bridgehead atoms. The fourth-order valence-electron chi connectivity index (χ4n) is 3.29. The van der Waals surface area contributed by atoms with Crippen LogP contribution in [-0.4, -0.2) is 54.4 Å². The van der Waals surface area contributed by atoms with Gasteiger partial charge in [-0.2, -0.15) is 0 Å². The normalized spacial score (nSPS) is 27.7. The van der Waals surface area contributed by atoms with Gasteiger partial charge in [0, 0.05) is 0 Å². The number of nitrogens with one attached hydrogen (secondary N) is 1. The lowest BCUT2D eigenvalue weighted by molar-refractivity contribution is -0.392. The van der Waals surface area contributed by atoms with Crippen LogP contribution in [0.2, 0.25) is 6.32 Å². The van der Waals surface area contributed by atoms with Gasteiger partial charge in [0.2, 0.25) is 0 Å². The molecule has 2 aliphatic heterocycles. The molecule has 9 heteroatoms. The van der Waals surface area contributed by atoms with Crippen molar-refractivity contribution < 1.29 is 33.1 Å². The first-order valence-electron chi connectivity index (χ1n) is 10.3. The minimum Gasteiger partial charge on any atom is -0.444 e. The second kappa shape index (κ2) is 8.53. The van der Waals surface area contributed by atoms with E-state index in [1.54, 1.807) is 27.7 Å². The van der Waals surface area contributed by atoms with Crippen LogP contribution in [0.15, 0.2) is 0 Å². The molecule has 2 rings (SSSR count). The summed E-state index contributed by atoms with van der Waals surface area (Å²) in [5, 5.41) is 2.67. The van der Waals surface area contributed by atoms with Gasteiger partial charge in [-0.25, -0.2) is 4.79 Å². The molecule has 0 aromatic rings. The Balaban J connectivity index is 1.92. The lowest BCUT2D eigenvalue weighted by Crippen LogP contribution is -2.65. The lowest BCUT2D eigenvalue weighted by atomic mass is 9.80. The molecular weight excluding hydrogens is 377 g/mol. The highest BCUT2D eigenvalue weighted by molar-refractivity contribution is 6.45. The third kappa shape index (κ3) is 5.93. The summed E-state index contributed by atoms with van der Waals surface area (Å²) in [6.07, 6.45) is 1.21. The maximum atomic E-state index is 12.3. The Morgan fingerprint density at radius 3 is 2.10 bits per heavy atom. The lowest BCUT2D eigenvalue weighted by Gasteiger charge is -2.44. The van der Waals surface area contributed by atoms with Crippen LogP contribution in [-0.2, 0) is 28.3 Å². The average Bonchev–Trinajstić information content (AvgIpc) is 2.73. The molecule has 8 nitrogen and oxygen atoms in total. The molecule has 0 aliphatic carbocycles. The summed E-state index contributed by atoms with van der Waals surface area (Å²) < 4.78 is 28.4. The molecule has 0 radical (unpaired) electrons. The number of carbonyl (C=O) groups excluding carboxylic acids is 2. The first kappa shape index (κ1) is 24.1. The first-order chi connectivity index (χ1) is 13.2. The summed E-state index contributed by atoms with van der Waals surface area (Å²) in [5.41, 5.74) is -2.71. The predicted molar refractivity (Wildman–Crippen MR) is 108 cm³/mol. The van der Waals surface area contributed by atoms with Crippen LogP contribution < -0.4 is 5.32 Å². The van der Waals surface area contributed by atoms with E-state index in [0.29, 0.717) is 25.4 Å². The van der Waals surface area contributed by atoms with E-state index in [9.17, 15) is 9.59 Å². The van der Waals surface area contributed by atoms with Gasteiger partial charge in [-0.15, -0.1) is 0 Å². The maximum Gasteiger partial charge on any atom is 0.457 e. The molecule has 0 spiro atoms. The van der Waals surface area contributed by atoms with E-state index >= 15 is 0 Å². The van der Waals surface area contributed by atoms with Gasteiger partial charge in [0.05, 0.1) is 11.2 Å². The van der Waals surface area contributed by atoms with E-state index in [4.69, 9.17) is 23.5 Å². The Morgan fingerprint density at radius 1 is 1.10 bits per heavy atom. The van der Waals surface area contributed by atoms with E-state index in [-0.39, 0.29) is 18.3 Å². The molecule has 166 valence electrons. The molecule has 1 atom stereocenters. The van der Waals surface area contributed by atoms with Crippen LogP contribution in [0, 0.1) is 0 Å². The Morgan fingerprint density at radius 2 is 1.66 bits per heavy atom. The number of amides is 1. The van der Waals surface area contributed by atoms with Crippen molar-refractivity contribution in [1.82, 2.24) is 5.32 Å². The highest BCUT2D eigenvalue weighted by Crippen LogP contribution is 2.38. The maximum absolute atomic E-state index is 12.3. The van der Waals surface area contributed by atoms with Crippen LogP contribution in [0.4, 0.5) is 4.79 Å². The van der Waals surface area contributed by atoms with Crippen molar-refractivity contribution in [2.24, 2.45) is 0 Å². The van der Waals surface area contributed by atoms with Gasteiger partial charge < -0.3 is 33.6 Å². The predicted octanol–water partition coefficient (Wildman–Crippen LogP) is 3.43. The summed E-state index contributed by atoms with van der Waals surface area (Å²) in [7, 11) is -0.291. The van der Waals surface area contributed by atoms with Crippen molar-refractivity contribution in [3.8, 4) is 0 Å². The molecule has 29 heavy (non-hydrogen) atoms.